The first-order valence-electron chi connectivity index (χ1n) is 41.8. The minimum Gasteiger partial charge on any atom is -0.373 e. The van der Waals surface area contributed by atoms with E-state index in [4.69, 9.17) is 4.11 Å². The molecule has 20 rings (SSSR count). The molecule has 0 aliphatic heterocycles. The van der Waals surface area contributed by atoms with E-state index in [0.717, 1.165) is 140 Å². The smallest absolute Gasteiger partial charge is 0.0280 e. The van der Waals surface area contributed by atoms with Crippen LogP contribution in [0.2, 0.25) is 0 Å². The second-order valence-electron chi connectivity index (χ2n) is 27.8. The van der Waals surface area contributed by atoms with E-state index in [1.807, 2.05) is 349 Å². The molecule has 0 spiro atoms. The van der Waals surface area contributed by atoms with Crippen molar-refractivity contribution >= 4 is 0 Å². The maximum Gasteiger partial charge on any atom is 0.0280 e. The van der Waals surface area contributed by atoms with Gasteiger partial charge in [0.2, 0.25) is 0 Å². The number of hydrogen-bond acceptors (Lipinski definition) is 8. The van der Waals surface area contributed by atoms with Crippen LogP contribution in [0.15, 0.2) is 377 Å². The second kappa shape index (κ2) is 64.2. The molecule has 134 heavy (non-hydrogen) atoms. The average molecular weight is 2750 g/mol. The van der Waals surface area contributed by atoms with Crippen molar-refractivity contribution in [1.82, 2.24) is 39.9 Å². The molecule has 8 heterocycles. The molecule has 16 heteroatoms. The van der Waals surface area contributed by atoms with E-state index in [2.05, 4.69) is 162 Å². The fourth-order valence-electron chi connectivity index (χ4n) is 11.9. The van der Waals surface area contributed by atoms with Crippen molar-refractivity contribution in [2.45, 2.75) is 41.5 Å². The van der Waals surface area contributed by atoms with Crippen LogP contribution in [-0.2, 0) is 215 Å². The molecule has 0 fully saturated rings. The summed E-state index contributed by atoms with van der Waals surface area (Å²) >= 11 is 0. The summed E-state index contributed by atoms with van der Waals surface area (Å²) in [5.41, 5.74) is 27.5. The second-order valence-corrected chi connectivity index (χ2v) is 27.8. The summed E-state index contributed by atoms with van der Waals surface area (Å²) in [5.74, 6) is 0. The van der Waals surface area contributed by atoms with Crippen molar-refractivity contribution in [1.29, 1.82) is 0 Å². The summed E-state index contributed by atoms with van der Waals surface area (Å²) in [5, 5.41) is 0. The van der Waals surface area contributed by atoms with Crippen LogP contribution in [0.5, 0.6) is 0 Å². The molecule has 0 aliphatic carbocycles. The minimum atomic E-state index is -2.16. The number of aromatic nitrogens is 8. The number of rotatable bonds is 12. The summed E-state index contributed by atoms with van der Waals surface area (Å²) in [4.78, 5) is 33.9. The van der Waals surface area contributed by atoms with Gasteiger partial charge in [0.05, 0.1) is 0 Å². The first-order chi connectivity index (χ1) is 63.2. The number of aryl methyl sites for hydroxylation is 6. The van der Waals surface area contributed by atoms with Gasteiger partial charge in [-0.2, -0.15) is 211 Å². The Labute approximate surface area is 954 Å². The Kier molecular flexibility index (Phi) is 52.8. The zero-order chi connectivity index (χ0) is 89.5. The van der Waals surface area contributed by atoms with Crippen LogP contribution < -0.4 is 0 Å². The van der Waals surface area contributed by atoms with E-state index in [-0.39, 0.29) is 221 Å². The van der Waals surface area contributed by atoms with Gasteiger partial charge in [0, 0.05) is 244 Å². The fraction of sp³-hybridized carbons (Fsp3) is 0.0508. The van der Waals surface area contributed by atoms with E-state index in [0.29, 0.717) is 16.8 Å². The third-order valence-corrected chi connectivity index (χ3v) is 18.5. The van der Waals surface area contributed by atoms with Gasteiger partial charge in [0.25, 0.3) is 0 Å². The molecule has 8 nitrogen and oxygen atoms in total. The Morgan fingerprint density at radius 1 is 0.216 bits per heavy atom. The number of nitrogens with zero attached hydrogens (tertiary/aromatic N) is 8. The summed E-state index contributed by atoms with van der Waals surface area (Å²) in [6.07, 6.45) is 19.2. The fourth-order valence-corrected chi connectivity index (χ4v) is 11.9. The maximum atomic E-state index is 7.52. The summed E-state index contributed by atoms with van der Waals surface area (Å²) in [6.45, 7) is 7.47. The molecule has 20 aromatic rings. The molecule has 0 amide bonds. The third-order valence-electron chi connectivity index (χ3n) is 18.5. The van der Waals surface area contributed by atoms with Crippen LogP contribution in [-0.4, -0.2) is 39.9 Å². The molecule has 0 saturated carbocycles. The summed E-state index contributed by atoms with van der Waals surface area (Å²) in [6, 6.07) is 164. The Bertz CT molecular complexity index is 6230. The number of benzene rings is 12. The van der Waals surface area contributed by atoms with E-state index >= 15 is 0 Å². The zero-order valence-corrected chi connectivity index (χ0v) is 93.9. The summed E-state index contributed by atoms with van der Waals surface area (Å²) in [7, 11) is 0. The van der Waals surface area contributed by atoms with Gasteiger partial charge >= 0.3 is 0 Å². The molecule has 4 radical (unpaired) electrons. The monoisotopic (exact) mass is 2750 g/mol. The Morgan fingerprint density at radius 3 is 0.761 bits per heavy atom. The Morgan fingerprint density at radius 2 is 0.507 bits per heavy atom. The molecular weight excluding hydrogens is 2670 g/mol. The molecular formula is C118H80N8Pt4Y4-20. The van der Waals surface area contributed by atoms with Crippen LogP contribution >= 0.6 is 0 Å². The van der Waals surface area contributed by atoms with Crippen LogP contribution in [0.3, 0.4) is 0 Å². The molecule has 12 aromatic carbocycles. The van der Waals surface area contributed by atoms with Crippen molar-refractivity contribution in [3.8, 4) is 134 Å². The van der Waals surface area contributed by atoms with Gasteiger partial charge in [-0.3, -0.25) is 81.4 Å². The predicted octanol–water partition coefficient (Wildman–Crippen LogP) is 26.5. The van der Waals surface area contributed by atoms with Crippen molar-refractivity contribution in [2.24, 2.45) is 0 Å². The summed E-state index contributed by atoms with van der Waals surface area (Å²) < 4.78 is 22.6. The molecule has 664 valence electrons. The van der Waals surface area contributed by atoms with Gasteiger partial charge in [-0.1, -0.05) is 79.2 Å². The molecule has 0 aliphatic rings. The van der Waals surface area contributed by atoms with Crippen LogP contribution in [0.1, 0.15) is 37.9 Å². The predicted molar refractivity (Wildman–Crippen MR) is 504 cm³/mol. The van der Waals surface area contributed by atoms with Crippen molar-refractivity contribution in [3.05, 3.63) is 532 Å². The molecule has 8 aromatic heterocycles. The molecule has 0 saturated heterocycles. The normalized spacial score (nSPS) is 9.96. The van der Waals surface area contributed by atoms with Crippen LogP contribution in [0, 0.1) is 163 Å². The van der Waals surface area contributed by atoms with Crippen LogP contribution in [0.4, 0.5) is 0 Å². The molecule has 0 atom stereocenters. The topological polar surface area (TPSA) is 103 Å². The average Bonchev–Trinajstić information content (AvgIpc) is 0.813. The Balaban J connectivity index is 0.000000277. The largest absolute Gasteiger partial charge is 0.373 e. The maximum absolute atomic E-state index is 7.52. The van der Waals surface area contributed by atoms with E-state index in [1.54, 1.807) is 56.1 Å². The standard InChI is InChI=1S/C19H15N2.C18H13N2.C17H11N2.C16H9N2.4C12H8.4Pt.4Y/c1-13-9-19(21-11-14(13)2)17-6-4-5-16(10-17)18-8-7-15(3)20-12-18;1-13-8-9-19-18(10-13)16-5-3-4-15(11-16)17-7-6-14(2)20-12-17;1-13-8-9-16(12-19-13)14-5-4-6-15(11-14)17-7-2-3-10-18-17;1-2-10-18-16(8-1)14-6-3-5-13(11-14)15-7-4-9-17-12-15;4*1-3-7-11(8-4-1)12-9-5-2-6-10-12;;;;;;;;/h4-5,7-9,11H,1-3H3;3-4,6-10H,1-2H3;2-5,7-10H,1H3;1-5,8-10,12H;4*1-7,9H;;;;;;;;/q4*-3;4*-2;;;;;;;;/i2D3;;;;;;;;;;;;;;;. The zero-order valence-electron chi connectivity index (χ0n) is 76.4. The van der Waals surface area contributed by atoms with Crippen LogP contribution in [0.25, 0.3) is 134 Å². The Hall–Kier alpha value is -8.99. The van der Waals surface area contributed by atoms with Crippen molar-refractivity contribution in [3.63, 3.8) is 0 Å². The number of hydrogen-bond donors (Lipinski definition) is 0. The first kappa shape index (κ1) is 110. The van der Waals surface area contributed by atoms with Crippen molar-refractivity contribution < 1.29 is 219 Å². The van der Waals surface area contributed by atoms with E-state index < -0.39 is 6.85 Å². The van der Waals surface area contributed by atoms with Gasteiger partial charge in [0.15, 0.2) is 0 Å². The third kappa shape index (κ3) is 37.8. The van der Waals surface area contributed by atoms with E-state index in [1.165, 1.54) is 11.8 Å². The van der Waals surface area contributed by atoms with Gasteiger partial charge in [-0.15, -0.1) is 121 Å². The molecule has 0 unspecified atom stereocenters. The minimum absolute atomic E-state index is 0. The SMILES string of the molecule is Cc1ccc(-c2[c-]c(-c3ccccn3)[c-]cc2)[c-]n1.Cc1ccnc(-c2[c-]ccc(-c3[c-]nc(C)cc3)[c-]2)c1.[2H]C([2H])([2H])c1cnc(-c2[c-]ccc(-c3[c-]nc(C)cc3)[c-]2)cc1C.[Pt].[Pt].[Pt].[Pt].[Y].[Y].[Y].[Y].[c-]1ccc(-c2[c-]ccnc2)[c-]c1-c1ccccn1.[c-]1ccccc1-c1[c-]cccc1.[c-]1ccccc1-c1[c-]cccc1.[c-]1ccccc1-c1[c-]cccc1.[c-]1ccccc1-c1[c-]cccc1. The van der Waals surface area contributed by atoms with Gasteiger partial charge in [-0.25, -0.2) is 92.5 Å². The quantitative estimate of drug-likeness (QED) is 0.111. The van der Waals surface area contributed by atoms with E-state index in [9.17, 15) is 0 Å². The van der Waals surface area contributed by atoms with Gasteiger partial charge in [-0.05, 0) is 73.9 Å². The van der Waals surface area contributed by atoms with Gasteiger partial charge in [0.1, 0.15) is 0 Å². The molecule has 0 N–H and O–H groups in total. The first-order valence-corrected chi connectivity index (χ1v) is 40.3. The van der Waals surface area contributed by atoms with Gasteiger partial charge < -0.3 is 63.6 Å². The molecule has 0 bridgehead atoms. The van der Waals surface area contributed by atoms with Crippen molar-refractivity contribution in [2.75, 3.05) is 0 Å². The number of pyridine rings is 8.